The van der Waals surface area contributed by atoms with E-state index in [9.17, 15) is 4.79 Å². The lowest BCUT2D eigenvalue weighted by atomic mass is 10.1. The van der Waals surface area contributed by atoms with Gasteiger partial charge >= 0.3 is 6.09 Å². The van der Waals surface area contributed by atoms with Crippen LogP contribution in [-0.2, 0) is 4.74 Å². The lowest BCUT2D eigenvalue weighted by Gasteiger charge is -2.38. The van der Waals surface area contributed by atoms with E-state index in [0.29, 0.717) is 30.2 Å². The number of hydrogen-bond donors (Lipinski definition) is 1. The fourth-order valence-corrected chi connectivity index (χ4v) is 2.83. The first-order chi connectivity index (χ1) is 11.2. The zero-order valence-corrected chi connectivity index (χ0v) is 13.7. The molecule has 0 bridgehead atoms. The molecule has 1 amide bonds. The first-order valence-electron chi connectivity index (χ1n) is 6.94. The van der Waals surface area contributed by atoms with Crippen LogP contribution >= 0.6 is 15.9 Å². The predicted molar refractivity (Wildman–Crippen MR) is 85.3 cm³/mol. The second-order valence-electron chi connectivity index (χ2n) is 5.14. The molecule has 23 heavy (non-hydrogen) atoms. The molecule has 1 aliphatic heterocycles. The summed E-state index contributed by atoms with van der Waals surface area (Å²) in [4.78, 5) is 22.1. The van der Waals surface area contributed by atoms with E-state index < -0.39 is 6.09 Å². The normalized spacial score (nSPS) is 15.0. The Bertz CT molecular complexity index is 906. The summed E-state index contributed by atoms with van der Waals surface area (Å²) < 4.78 is 7.91. The lowest BCUT2D eigenvalue weighted by Crippen LogP contribution is -2.54. The molecule has 0 aromatic carbocycles. The van der Waals surface area contributed by atoms with Gasteiger partial charge in [-0.15, -0.1) is 10.2 Å². The highest BCUT2D eigenvalue weighted by atomic mass is 79.9. The molecule has 0 radical (unpaired) electrons. The number of anilines is 1. The highest BCUT2D eigenvalue weighted by molar-refractivity contribution is 9.10. The van der Waals surface area contributed by atoms with Gasteiger partial charge in [-0.05, 0) is 22.0 Å². The van der Waals surface area contributed by atoms with Crippen LogP contribution in [0.15, 0.2) is 23.1 Å². The number of nitrogens with zero attached hydrogens (tertiary/aromatic N) is 6. The molecular weight excluding hydrogens is 366 g/mol. The van der Waals surface area contributed by atoms with Crippen molar-refractivity contribution in [1.29, 1.82) is 0 Å². The van der Waals surface area contributed by atoms with E-state index in [2.05, 4.69) is 41.4 Å². The minimum Gasteiger partial charge on any atom is -0.442 e. The molecule has 1 saturated heterocycles. The van der Waals surface area contributed by atoms with Gasteiger partial charge in [0.2, 0.25) is 5.65 Å². The number of ether oxygens (including phenoxy) is 1. The summed E-state index contributed by atoms with van der Waals surface area (Å²) in [5.74, 6) is 0.682. The van der Waals surface area contributed by atoms with Crippen LogP contribution in [0.2, 0.25) is 0 Å². The summed E-state index contributed by atoms with van der Waals surface area (Å²) in [7, 11) is 1.53. The third-order valence-corrected chi connectivity index (χ3v) is 4.09. The number of pyridine rings is 1. The maximum atomic E-state index is 11.2. The molecule has 4 rings (SSSR count). The number of aromatic nitrogens is 5. The van der Waals surface area contributed by atoms with Gasteiger partial charge in [0.25, 0.3) is 0 Å². The fraction of sp³-hybridized carbons (Fsp3) is 0.308. The highest BCUT2D eigenvalue weighted by Gasteiger charge is 2.33. The fourth-order valence-electron chi connectivity index (χ4n) is 2.51. The smallest absolute Gasteiger partial charge is 0.407 e. The van der Waals surface area contributed by atoms with E-state index in [1.165, 1.54) is 7.05 Å². The van der Waals surface area contributed by atoms with Crippen molar-refractivity contribution in [2.75, 3.05) is 25.0 Å². The van der Waals surface area contributed by atoms with Crippen molar-refractivity contribution >= 4 is 44.7 Å². The SMILES string of the molecule is CNC(=O)OC1CN(c2nc3ncc(Br)cc3n3cnnc23)C1. The van der Waals surface area contributed by atoms with Gasteiger partial charge in [-0.2, -0.15) is 0 Å². The van der Waals surface area contributed by atoms with Crippen LogP contribution in [0.1, 0.15) is 0 Å². The zero-order valence-electron chi connectivity index (χ0n) is 12.1. The Morgan fingerprint density at radius 3 is 3.09 bits per heavy atom. The molecule has 118 valence electrons. The summed E-state index contributed by atoms with van der Waals surface area (Å²) in [6.07, 6.45) is 2.74. The standard InChI is InChI=1S/C13H12BrN7O2/c1-15-13(22)23-8-4-20(5-8)11-12-19-17-6-21(12)9-2-7(14)3-16-10(9)18-11/h2-3,6,8H,4-5H2,1H3,(H,15,22). The Labute approximate surface area is 138 Å². The van der Waals surface area contributed by atoms with Crippen LogP contribution in [0.25, 0.3) is 16.8 Å². The molecule has 9 nitrogen and oxygen atoms in total. The summed E-state index contributed by atoms with van der Waals surface area (Å²) in [6, 6.07) is 1.92. The Morgan fingerprint density at radius 2 is 2.30 bits per heavy atom. The van der Waals surface area contributed by atoms with Crippen molar-refractivity contribution in [1.82, 2.24) is 29.9 Å². The Morgan fingerprint density at radius 1 is 1.48 bits per heavy atom. The van der Waals surface area contributed by atoms with Gasteiger partial charge in [-0.25, -0.2) is 14.8 Å². The van der Waals surface area contributed by atoms with Gasteiger partial charge in [-0.3, -0.25) is 4.40 Å². The molecule has 3 aromatic rings. The lowest BCUT2D eigenvalue weighted by molar-refractivity contribution is 0.0824. The van der Waals surface area contributed by atoms with E-state index in [-0.39, 0.29) is 6.10 Å². The maximum absolute atomic E-state index is 11.2. The number of halogens is 1. The van der Waals surface area contributed by atoms with Crippen molar-refractivity contribution in [3.63, 3.8) is 0 Å². The third kappa shape index (κ3) is 2.34. The molecule has 0 spiro atoms. The van der Waals surface area contributed by atoms with Crippen LogP contribution in [-0.4, -0.2) is 56.9 Å². The van der Waals surface area contributed by atoms with Crippen LogP contribution in [0, 0.1) is 0 Å². The number of carbonyl (C=O) groups excluding carboxylic acids is 1. The number of alkyl carbamates (subject to hydrolysis) is 1. The molecule has 4 heterocycles. The number of hydrogen-bond acceptors (Lipinski definition) is 7. The summed E-state index contributed by atoms with van der Waals surface area (Å²) in [5, 5.41) is 10.6. The molecule has 0 saturated carbocycles. The largest absolute Gasteiger partial charge is 0.442 e. The number of amides is 1. The summed E-state index contributed by atoms with van der Waals surface area (Å²) in [5.41, 5.74) is 2.07. The third-order valence-electron chi connectivity index (χ3n) is 3.66. The second-order valence-corrected chi connectivity index (χ2v) is 6.05. The van der Waals surface area contributed by atoms with Gasteiger partial charge in [0, 0.05) is 17.7 Å². The molecule has 1 N–H and O–H groups in total. The number of nitrogens with one attached hydrogen (secondary N) is 1. The topological polar surface area (TPSA) is 97.5 Å². The van der Waals surface area contributed by atoms with E-state index in [1.54, 1.807) is 12.5 Å². The predicted octanol–water partition coefficient (Wildman–Crippen LogP) is 0.980. The number of carbonyl (C=O) groups is 1. The van der Waals surface area contributed by atoms with Gasteiger partial charge in [-0.1, -0.05) is 0 Å². The summed E-state index contributed by atoms with van der Waals surface area (Å²) >= 11 is 3.41. The average Bonchev–Trinajstić information content (AvgIpc) is 3.00. The van der Waals surface area contributed by atoms with Gasteiger partial charge in [0.15, 0.2) is 11.5 Å². The molecular formula is C13H12BrN7O2. The highest BCUT2D eigenvalue weighted by Crippen LogP contribution is 2.27. The quantitative estimate of drug-likeness (QED) is 0.710. The van der Waals surface area contributed by atoms with Crippen LogP contribution in [0.3, 0.4) is 0 Å². The van der Waals surface area contributed by atoms with E-state index in [4.69, 9.17) is 4.74 Å². The molecule has 10 heteroatoms. The van der Waals surface area contributed by atoms with Gasteiger partial charge in [0.05, 0.1) is 18.6 Å². The second kappa shape index (κ2) is 5.30. The maximum Gasteiger partial charge on any atom is 0.407 e. The van der Waals surface area contributed by atoms with Crippen LogP contribution in [0.5, 0.6) is 0 Å². The molecule has 0 aliphatic carbocycles. The summed E-state index contributed by atoms with van der Waals surface area (Å²) in [6.45, 7) is 1.12. The minimum absolute atomic E-state index is 0.159. The van der Waals surface area contributed by atoms with Crippen molar-refractivity contribution in [3.8, 4) is 0 Å². The Balaban J connectivity index is 1.69. The van der Waals surface area contributed by atoms with Gasteiger partial charge in [0.1, 0.15) is 12.4 Å². The number of fused-ring (bicyclic) bond motifs is 3. The van der Waals surface area contributed by atoms with Crippen molar-refractivity contribution < 1.29 is 9.53 Å². The monoisotopic (exact) mass is 377 g/mol. The minimum atomic E-state index is -0.430. The van der Waals surface area contributed by atoms with Crippen LogP contribution in [0.4, 0.5) is 10.6 Å². The van der Waals surface area contributed by atoms with E-state index in [0.717, 1.165) is 9.99 Å². The molecule has 0 atom stereocenters. The van der Waals surface area contributed by atoms with Crippen molar-refractivity contribution in [2.24, 2.45) is 0 Å². The zero-order chi connectivity index (χ0) is 16.0. The van der Waals surface area contributed by atoms with Crippen molar-refractivity contribution in [2.45, 2.75) is 6.10 Å². The van der Waals surface area contributed by atoms with Gasteiger partial charge < -0.3 is 15.0 Å². The van der Waals surface area contributed by atoms with E-state index >= 15 is 0 Å². The Kier molecular flexibility index (Phi) is 3.26. The number of rotatable bonds is 2. The average molecular weight is 378 g/mol. The molecule has 1 aliphatic rings. The van der Waals surface area contributed by atoms with E-state index in [1.807, 2.05) is 15.4 Å². The molecule has 0 unspecified atom stereocenters. The van der Waals surface area contributed by atoms with Crippen LogP contribution < -0.4 is 10.2 Å². The molecule has 1 fully saturated rings. The first kappa shape index (κ1) is 14.1. The molecule has 3 aromatic heterocycles. The first-order valence-corrected chi connectivity index (χ1v) is 7.73. The van der Waals surface area contributed by atoms with Crippen molar-refractivity contribution in [3.05, 3.63) is 23.1 Å². The Hall–Kier alpha value is -2.49.